The van der Waals surface area contributed by atoms with Crippen molar-refractivity contribution in [1.82, 2.24) is 10.3 Å². The van der Waals surface area contributed by atoms with Gasteiger partial charge in [-0.15, -0.1) is 0 Å². The van der Waals surface area contributed by atoms with Crippen molar-refractivity contribution in [3.63, 3.8) is 0 Å². The highest BCUT2D eigenvalue weighted by molar-refractivity contribution is 5.69. The summed E-state index contributed by atoms with van der Waals surface area (Å²) in [6, 6.07) is 4.01. The maximum atomic E-state index is 10.6. The van der Waals surface area contributed by atoms with Gasteiger partial charge >= 0.3 is 5.97 Å². The maximum absolute atomic E-state index is 10.6. The van der Waals surface area contributed by atoms with E-state index >= 15 is 0 Å². The molecule has 0 saturated heterocycles. The van der Waals surface area contributed by atoms with Crippen molar-refractivity contribution in [3.8, 4) is 0 Å². The molecule has 4 heteroatoms. The van der Waals surface area contributed by atoms with Crippen molar-refractivity contribution in [2.75, 3.05) is 13.1 Å². The van der Waals surface area contributed by atoms with Gasteiger partial charge in [-0.3, -0.25) is 4.79 Å². The fourth-order valence-electron chi connectivity index (χ4n) is 1.54. The van der Waals surface area contributed by atoms with E-state index in [2.05, 4.69) is 24.1 Å². The van der Waals surface area contributed by atoms with Crippen LogP contribution in [-0.4, -0.2) is 29.1 Å². The van der Waals surface area contributed by atoms with Crippen LogP contribution in [0.1, 0.15) is 26.5 Å². The quantitative estimate of drug-likeness (QED) is 0.687. The van der Waals surface area contributed by atoms with Crippen LogP contribution >= 0.6 is 0 Å². The Bertz CT molecular complexity index is 331. The van der Waals surface area contributed by atoms with E-state index in [0.717, 1.165) is 12.2 Å². The van der Waals surface area contributed by atoms with E-state index in [1.54, 1.807) is 6.92 Å². The van der Waals surface area contributed by atoms with E-state index in [-0.39, 0.29) is 11.3 Å². The first-order chi connectivity index (χ1) is 7.43. The molecule has 0 fully saturated rings. The second-order valence-electron chi connectivity index (χ2n) is 4.84. The summed E-state index contributed by atoms with van der Waals surface area (Å²) in [5.41, 5.74) is 1.14. The van der Waals surface area contributed by atoms with Gasteiger partial charge in [0, 0.05) is 30.4 Å². The highest BCUT2D eigenvalue weighted by Gasteiger charge is 2.21. The Kier molecular flexibility index (Phi) is 4.12. The second-order valence-corrected chi connectivity index (χ2v) is 4.84. The number of hydrogen-bond donors (Lipinski definition) is 3. The van der Waals surface area contributed by atoms with Crippen molar-refractivity contribution in [1.29, 1.82) is 0 Å². The smallest absolute Gasteiger partial charge is 0.307 e. The van der Waals surface area contributed by atoms with Gasteiger partial charge in [0.15, 0.2) is 0 Å². The van der Waals surface area contributed by atoms with Gasteiger partial charge in [0.25, 0.3) is 0 Å². The third kappa shape index (κ3) is 3.38. The Balaban J connectivity index is 2.40. The molecule has 1 atom stereocenters. The molecule has 0 aliphatic rings. The number of aliphatic carboxylic acids is 1. The Morgan fingerprint density at radius 2 is 2.31 bits per heavy atom. The first-order valence-electron chi connectivity index (χ1n) is 5.51. The number of rotatable bonds is 6. The lowest BCUT2D eigenvalue weighted by atomic mass is 9.89. The second kappa shape index (κ2) is 5.16. The van der Waals surface area contributed by atoms with Gasteiger partial charge in [-0.05, 0) is 12.1 Å². The molecule has 16 heavy (non-hydrogen) atoms. The molecule has 1 rings (SSSR count). The van der Waals surface area contributed by atoms with Gasteiger partial charge in [0.05, 0.1) is 5.92 Å². The van der Waals surface area contributed by atoms with Crippen LogP contribution in [0.25, 0.3) is 0 Å². The zero-order valence-electron chi connectivity index (χ0n) is 10.1. The molecule has 4 nitrogen and oxygen atoms in total. The van der Waals surface area contributed by atoms with Crippen LogP contribution < -0.4 is 5.32 Å². The van der Waals surface area contributed by atoms with Crippen LogP contribution in [0.15, 0.2) is 18.3 Å². The molecule has 0 radical (unpaired) electrons. The van der Waals surface area contributed by atoms with Gasteiger partial charge in [0.2, 0.25) is 0 Å². The SMILES string of the molecule is CC(CNCC(C)(C)c1ccc[nH]1)C(=O)O. The fraction of sp³-hybridized carbons (Fsp3) is 0.583. The molecule has 0 saturated carbocycles. The highest BCUT2D eigenvalue weighted by atomic mass is 16.4. The van der Waals surface area contributed by atoms with Crippen LogP contribution in [0.4, 0.5) is 0 Å². The Hall–Kier alpha value is -1.29. The molecule has 0 aliphatic heterocycles. The fourth-order valence-corrected chi connectivity index (χ4v) is 1.54. The Morgan fingerprint density at radius 1 is 1.62 bits per heavy atom. The number of nitrogens with one attached hydrogen (secondary N) is 2. The van der Waals surface area contributed by atoms with Crippen molar-refractivity contribution >= 4 is 5.97 Å². The van der Waals surface area contributed by atoms with Crippen LogP contribution in [0, 0.1) is 5.92 Å². The van der Waals surface area contributed by atoms with E-state index < -0.39 is 5.97 Å². The van der Waals surface area contributed by atoms with Gasteiger partial charge in [-0.2, -0.15) is 0 Å². The summed E-state index contributed by atoms with van der Waals surface area (Å²) in [5, 5.41) is 11.9. The lowest BCUT2D eigenvalue weighted by Gasteiger charge is -2.24. The minimum atomic E-state index is -0.759. The van der Waals surface area contributed by atoms with Crippen molar-refractivity contribution in [2.45, 2.75) is 26.2 Å². The number of carboxylic acids is 1. The van der Waals surface area contributed by atoms with Crippen molar-refractivity contribution < 1.29 is 9.90 Å². The molecule has 1 aromatic heterocycles. The number of aromatic amines is 1. The minimum absolute atomic E-state index is 0.0122. The Labute approximate surface area is 96.1 Å². The summed E-state index contributed by atoms with van der Waals surface area (Å²) in [7, 11) is 0. The molecular formula is C12H20N2O2. The number of aromatic nitrogens is 1. The van der Waals surface area contributed by atoms with Gasteiger partial charge in [-0.1, -0.05) is 20.8 Å². The number of hydrogen-bond acceptors (Lipinski definition) is 2. The van der Waals surface area contributed by atoms with Crippen LogP contribution in [0.2, 0.25) is 0 Å². The predicted molar refractivity (Wildman–Crippen MR) is 63.5 cm³/mol. The summed E-state index contributed by atoms with van der Waals surface area (Å²) >= 11 is 0. The normalized spacial score (nSPS) is 13.7. The molecule has 0 aromatic carbocycles. The topological polar surface area (TPSA) is 65.1 Å². The van der Waals surface area contributed by atoms with Crippen LogP contribution in [0.3, 0.4) is 0 Å². The van der Waals surface area contributed by atoms with E-state index in [4.69, 9.17) is 5.11 Å². The molecule has 0 spiro atoms. The molecule has 1 heterocycles. The molecule has 1 aromatic rings. The van der Waals surface area contributed by atoms with Crippen LogP contribution in [-0.2, 0) is 10.2 Å². The van der Waals surface area contributed by atoms with Crippen LogP contribution in [0.5, 0.6) is 0 Å². The summed E-state index contributed by atoms with van der Waals surface area (Å²) < 4.78 is 0. The van der Waals surface area contributed by atoms with E-state index in [1.807, 2.05) is 18.3 Å². The predicted octanol–water partition coefficient (Wildman–Crippen LogP) is 1.60. The van der Waals surface area contributed by atoms with Gasteiger partial charge < -0.3 is 15.4 Å². The summed E-state index contributed by atoms with van der Waals surface area (Å²) in [6.45, 7) is 7.20. The van der Waals surface area contributed by atoms with Crippen molar-refractivity contribution in [2.24, 2.45) is 5.92 Å². The minimum Gasteiger partial charge on any atom is -0.481 e. The molecule has 0 bridgehead atoms. The number of H-pyrrole nitrogens is 1. The monoisotopic (exact) mass is 224 g/mol. The van der Waals surface area contributed by atoms with E-state index in [9.17, 15) is 4.79 Å². The molecule has 0 aliphatic carbocycles. The molecular weight excluding hydrogens is 204 g/mol. The zero-order valence-corrected chi connectivity index (χ0v) is 10.1. The summed E-state index contributed by atoms with van der Waals surface area (Å²) in [4.78, 5) is 13.8. The lowest BCUT2D eigenvalue weighted by molar-refractivity contribution is -0.140. The lowest BCUT2D eigenvalue weighted by Crippen LogP contribution is -2.36. The highest BCUT2D eigenvalue weighted by Crippen LogP contribution is 2.19. The van der Waals surface area contributed by atoms with Gasteiger partial charge in [-0.25, -0.2) is 0 Å². The van der Waals surface area contributed by atoms with Crippen molar-refractivity contribution in [3.05, 3.63) is 24.0 Å². The van der Waals surface area contributed by atoms with Gasteiger partial charge in [0.1, 0.15) is 0 Å². The third-order valence-electron chi connectivity index (χ3n) is 2.77. The first kappa shape index (κ1) is 12.8. The van der Waals surface area contributed by atoms with E-state index in [0.29, 0.717) is 6.54 Å². The average molecular weight is 224 g/mol. The third-order valence-corrected chi connectivity index (χ3v) is 2.77. The summed E-state index contributed by atoms with van der Waals surface area (Å²) in [5.74, 6) is -1.11. The largest absolute Gasteiger partial charge is 0.481 e. The Morgan fingerprint density at radius 3 is 2.81 bits per heavy atom. The molecule has 0 amide bonds. The molecule has 3 N–H and O–H groups in total. The maximum Gasteiger partial charge on any atom is 0.307 e. The zero-order chi connectivity index (χ0) is 12.2. The summed E-state index contributed by atoms with van der Waals surface area (Å²) in [6.07, 6.45) is 1.90. The first-order valence-corrected chi connectivity index (χ1v) is 5.51. The average Bonchev–Trinajstić information content (AvgIpc) is 2.70. The molecule has 1 unspecified atom stereocenters. The molecule has 90 valence electrons. The number of carboxylic acid groups (broad SMARTS) is 1. The number of carbonyl (C=O) groups is 1. The standard InChI is InChI=1S/C12H20N2O2/c1-9(11(15)16)7-13-8-12(2,3)10-5-4-6-14-10/h4-6,9,13-14H,7-8H2,1-3H3,(H,15,16). The van der Waals surface area contributed by atoms with E-state index in [1.165, 1.54) is 0 Å².